The van der Waals surface area contributed by atoms with Crippen LogP contribution in [0.15, 0.2) is 66.9 Å². The lowest BCUT2D eigenvalue weighted by atomic mass is 9.86. The molecule has 1 aromatic heterocycles. The van der Waals surface area contributed by atoms with E-state index in [-0.39, 0.29) is 34.4 Å². The fourth-order valence-corrected chi connectivity index (χ4v) is 5.43. The predicted molar refractivity (Wildman–Crippen MR) is 182 cm³/mol. The molecule has 5 amide bonds. The standard InChI is InChI=1S/C35H38N6O7/c1-21(42)40-14-16-41(17-15-40)32(43)29-20-23(12-13-36-29)48-30-11-10-26(24-8-6-7-9-25(24)30)37-33(44)38-27-18-22(35(2,3)4)19-28(31(27)47-5)39-34(45)46/h6-13,18-20,39H,14-17H2,1-5H3,(H,45,46)(H2,37,38,44). The minimum atomic E-state index is -1.26. The summed E-state index contributed by atoms with van der Waals surface area (Å²) in [5.41, 5.74) is 1.66. The van der Waals surface area contributed by atoms with Crippen molar-refractivity contribution in [3.8, 4) is 17.2 Å². The summed E-state index contributed by atoms with van der Waals surface area (Å²) >= 11 is 0. The predicted octanol–water partition coefficient (Wildman–Crippen LogP) is 6.37. The minimum Gasteiger partial charge on any atom is -0.492 e. The average Bonchev–Trinajstić information content (AvgIpc) is 3.05. The lowest BCUT2D eigenvalue weighted by molar-refractivity contribution is -0.130. The Morgan fingerprint density at radius 2 is 1.44 bits per heavy atom. The number of methoxy groups -OCH3 is 1. The molecule has 2 heterocycles. The van der Waals surface area contributed by atoms with Gasteiger partial charge in [0.2, 0.25) is 5.91 Å². The van der Waals surface area contributed by atoms with Crippen LogP contribution in [0.3, 0.4) is 0 Å². The number of nitrogens with zero attached hydrogens (tertiary/aromatic N) is 3. The van der Waals surface area contributed by atoms with E-state index in [0.717, 1.165) is 5.56 Å². The molecule has 0 aliphatic carbocycles. The summed E-state index contributed by atoms with van der Waals surface area (Å²) in [4.78, 5) is 57.3. The third-order valence-electron chi connectivity index (χ3n) is 7.97. The molecule has 250 valence electrons. The first kappa shape index (κ1) is 33.5. The van der Waals surface area contributed by atoms with Crippen molar-refractivity contribution < 1.29 is 33.8 Å². The van der Waals surface area contributed by atoms with Crippen LogP contribution in [0.25, 0.3) is 10.8 Å². The Hall–Kier alpha value is -5.85. The molecule has 3 aromatic carbocycles. The second kappa shape index (κ2) is 13.9. The maximum absolute atomic E-state index is 13.3. The summed E-state index contributed by atoms with van der Waals surface area (Å²) < 4.78 is 11.7. The molecule has 1 aliphatic heterocycles. The highest BCUT2D eigenvalue weighted by atomic mass is 16.5. The smallest absolute Gasteiger partial charge is 0.409 e. The molecule has 5 rings (SSSR count). The topological polar surface area (TPSA) is 162 Å². The van der Waals surface area contributed by atoms with Crippen molar-refractivity contribution in [1.29, 1.82) is 0 Å². The van der Waals surface area contributed by atoms with E-state index >= 15 is 0 Å². The lowest BCUT2D eigenvalue weighted by Crippen LogP contribution is -2.50. The third kappa shape index (κ3) is 7.57. The van der Waals surface area contributed by atoms with E-state index in [0.29, 0.717) is 59.8 Å². The minimum absolute atomic E-state index is 0.0140. The number of anilines is 3. The first-order valence-electron chi connectivity index (χ1n) is 15.3. The van der Waals surface area contributed by atoms with Gasteiger partial charge in [-0.05, 0) is 41.3 Å². The van der Waals surface area contributed by atoms with Gasteiger partial charge in [-0.2, -0.15) is 0 Å². The van der Waals surface area contributed by atoms with E-state index < -0.39 is 12.1 Å². The Labute approximate surface area is 277 Å². The van der Waals surface area contributed by atoms with Crippen molar-refractivity contribution in [3.63, 3.8) is 0 Å². The van der Waals surface area contributed by atoms with Crippen LogP contribution >= 0.6 is 0 Å². The molecule has 4 aromatic rings. The van der Waals surface area contributed by atoms with Crippen molar-refractivity contribution in [2.24, 2.45) is 0 Å². The molecule has 1 fully saturated rings. The van der Waals surface area contributed by atoms with Crippen LogP contribution in [0.2, 0.25) is 0 Å². The molecule has 0 saturated carbocycles. The van der Waals surface area contributed by atoms with Gasteiger partial charge in [-0.25, -0.2) is 9.59 Å². The molecule has 1 saturated heterocycles. The Kier molecular flexibility index (Phi) is 9.69. The molecule has 13 nitrogen and oxygen atoms in total. The maximum atomic E-state index is 13.3. The molecular formula is C35H38N6O7. The van der Waals surface area contributed by atoms with E-state index in [1.807, 2.05) is 45.0 Å². The number of aromatic nitrogens is 1. The summed E-state index contributed by atoms with van der Waals surface area (Å²) in [6.07, 6.45) is 0.249. The average molecular weight is 655 g/mol. The monoisotopic (exact) mass is 654 g/mol. The lowest BCUT2D eigenvalue weighted by Gasteiger charge is -2.34. The Bertz CT molecular complexity index is 1880. The van der Waals surface area contributed by atoms with Crippen molar-refractivity contribution >= 4 is 51.8 Å². The van der Waals surface area contributed by atoms with Gasteiger partial charge in [0.15, 0.2) is 5.75 Å². The quantitative estimate of drug-likeness (QED) is 0.179. The number of benzene rings is 3. The van der Waals surface area contributed by atoms with Crippen LogP contribution in [0.5, 0.6) is 17.2 Å². The second-order valence-corrected chi connectivity index (χ2v) is 12.3. The Morgan fingerprint density at radius 3 is 2.06 bits per heavy atom. The Balaban J connectivity index is 1.36. The van der Waals surface area contributed by atoms with Crippen LogP contribution < -0.4 is 25.4 Å². The molecule has 48 heavy (non-hydrogen) atoms. The van der Waals surface area contributed by atoms with Gasteiger partial charge < -0.3 is 35.0 Å². The van der Waals surface area contributed by atoms with Crippen molar-refractivity contribution in [2.75, 3.05) is 49.2 Å². The van der Waals surface area contributed by atoms with Gasteiger partial charge in [0.1, 0.15) is 17.2 Å². The number of carboxylic acid groups (broad SMARTS) is 1. The first-order valence-corrected chi connectivity index (χ1v) is 15.3. The summed E-state index contributed by atoms with van der Waals surface area (Å²) in [6.45, 7) is 9.24. The van der Waals surface area contributed by atoms with E-state index in [1.165, 1.54) is 20.2 Å². The molecule has 0 atom stereocenters. The number of urea groups is 1. The summed E-state index contributed by atoms with van der Waals surface area (Å²) in [6, 6.07) is 16.9. The number of nitrogens with one attached hydrogen (secondary N) is 3. The highest BCUT2D eigenvalue weighted by Crippen LogP contribution is 2.39. The van der Waals surface area contributed by atoms with E-state index in [1.54, 1.807) is 46.2 Å². The molecular weight excluding hydrogens is 616 g/mol. The number of ether oxygens (including phenoxy) is 2. The van der Waals surface area contributed by atoms with Gasteiger partial charge in [-0.15, -0.1) is 0 Å². The van der Waals surface area contributed by atoms with Gasteiger partial charge in [0.25, 0.3) is 5.91 Å². The van der Waals surface area contributed by atoms with Crippen molar-refractivity contribution in [3.05, 3.63) is 78.1 Å². The molecule has 0 radical (unpaired) electrons. The number of hydrogen-bond donors (Lipinski definition) is 4. The highest BCUT2D eigenvalue weighted by molar-refractivity contribution is 6.08. The third-order valence-corrected chi connectivity index (χ3v) is 7.97. The molecule has 4 N–H and O–H groups in total. The van der Waals surface area contributed by atoms with Crippen molar-refractivity contribution in [2.45, 2.75) is 33.1 Å². The fraction of sp³-hybridized carbons (Fsp3) is 0.286. The highest BCUT2D eigenvalue weighted by Gasteiger charge is 2.25. The number of rotatable bonds is 7. The van der Waals surface area contributed by atoms with Crippen LogP contribution in [-0.4, -0.2) is 77.1 Å². The zero-order valence-electron chi connectivity index (χ0n) is 27.4. The van der Waals surface area contributed by atoms with E-state index in [2.05, 4.69) is 20.9 Å². The Morgan fingerprint density at radius 1 is 0.812 bits per heavy atom. The maximum Gasteiger partial charge on any atom is 0.409 e. The SMILES string of the molecule is COc1c(NC(=O)O)cc(C(C)(C)C)cc1NC(=O)Nc1ccc(Oc2ccnc(C(=O)N3CCN(C(C)=O)CC3)c2)c2ccccc12. The van der Waals surface area contributed by atoms with E-state index in [4.69, 9.17) is 9.47 Å². The number of piperazine rings is 1. The molecule has 0 spiro atoms. The van der Waals surface area contributed by atoms with Crippen molar-refractivity contribution in [1.82, 2.24) is 14.8 Å². The number of hydrogen-bond acceptors (Lipinski definition) is 7. The van der Waals surface area contributed by atoms with Gasteiger partial charge in [0.05, 0.1) is 24.2 Å². The van der Waals surface area contributed by atoms with Gasteiger partial charge in [0, 0.05) is 56.1 Å². The van der Waals surface area contributed by atoms with E-state index in [9.17, 15) is 24.3 Å². The first-order chi connectivity index (χ1) is 22.8. The summed E-state index contributed by atoms with van der Waals surface area (Å²) in [7, 11) is 1.40. The fourth-order valence-electron chi connectivity index (χ4n) is 5.43. The number of carbonyl (C=O) groups is 4. The molecule has 0 bridgehead atoms. The summed E-state index contributed by atoms with van der Waals surface area (Å²) in [5.74, 6) is 0.827. The van der Waals surface area contributed by atoms with Gasteiger partial charge >= 0.3 is 12.1 Å². The number of amides is 5. The number of pyridine rings is 1. The van der Waals surface area contributed by atoms with Gasteiger partial charge in [-0.1, -0.05) is 45.0 Å². The summed E-state index contributed by atoms with van der Waals surface area (Å²) in [5, 5.41) is 18.8. The largest absolute Gasteiger partial charge is 0.492 e. The van der Waals surface area contributed by atoms with Crippen LogP contribution in [0.4, 0.5) is 26.7 Å². The zero-order chi connectivity index (χ0) is 34.6. The molecule has 13 heteroatoms. The second-order valence-electron chi connectivity index (χ2n) is 12.3. The van der Waals surface area contributed by atoms with Crippen LogP contribution in [0.1, 0.15) is 43.7 Å². The van der Waals surface area contributed by atoms with Crippen LogP contribution in [-0.2, 0) is 10.2 Å². The van der Waals surface area contributed by atoms with Gasteiger partial charge in [-0.3, -0.25) is 19.9 Å². The number of carbonyl (C=O) groups excluding carboxylic acids is 3. The molecule has 1 aliphatic rings. The molecule has 0 unspecified atom stereocenters. The number of fused-ring (bicyclic) bond motifs is 1. The normalized spacial score (nSPS) is 13.1. The zero-order valence-corrected chi connectivity index (χ0v) is 27.4. The van der Waals surface area contributed by atoms with Crippen LogP contribution in [0, 0.1) is 0 Å².